The van der Waals surface area contributed by atoms with E-state index in [-0.39, 0.29) is 5.91 Å². The summed E-state index contributed by atoms with van der Waals surface area (Å²) in [5.74, 6) is 0.451. The lowest BCUT2D eigenvalue weighted by molar-refractivity contribution is 0.0827. The van der Waals surface area contributed by atoms with Gasteiger partial charge in [-0.05, 0) is 24.5 Å². The minimum atomic E-state index is -0.00167. The third kappa shape index (κ3) is 2.78. The fourth-order valence-corrected chi connectivity index (χ4v) is 1.29. The molecule has 0 aliphatic heterocycles. The van der Waals surface area contributed by atoms with Gasteiger partial charge in [0, 0.05) is 26.0 Å². The van der Waals surface area contributed by atoms with Crippen LogP contribution in [0.4, 0.5) is 0 Å². The first kappa shape index (κ1) is 11.7. The van der Waals surface area contributed by atoms with E-state index in [0.29, 0.717) is 11.5 Å². The van der Waals surface area contributed by atoms with Crippen LogP contribution in [0.2, 0.25) is 0 Å². The van der Waals surface area contributed by atoms with Gasteiger partial charge in [-0.25, -0.2) is 0 Å². The highest BCUT2D eigenvalue weighted by Crippen LogP contribution is 2.16. The largest absolute Gasteiger partial charge is 0.345 e. The first-order valence-electron chi connectivity index (χ1n) is 5.23. The van der Waals surface area contributed by atoms with Gasteiger partial charge < -0.3 is 4.90 Å². The van der Waals surface area contributed by atoms with Gasteiger partial charge in [0.2, 0.25) is 0 Å². The number of nitrogens with zero attached hydrogens (tertiary/aromatic N) is 2. The minimum Gasteiger partial charge on any atom is -0.345 e. The van der Waals surface area contributed by atoms with E-state index >= 15 is 0 Å². The Balaban J connectivity index is 2.85. The normalized spacial score (nSPS) is 12.3. The molecular formula is C12H18N2O. The molecule has 3 nitrogen and oxygen atoms in total. The number of carbonyl (C=O) groups excluding carboxylic acids is 1. The van der Waals surface area contributed by atoms with E-state index in [1.807, 2.05) is 12.1 Å². The van der Waals surface area contributed by atoms with Crippen LogP contribution in [-0.4, -0.2) is 29.9 Å². The number of hydrogen-bond acceptors (Lipinski definition) is 2. The zero-order valence-corrected chi connectivity index (χ0v) is 9.82. The summed E-state index contributed by atoms with van der Waals surface area (Å²) < 4.78 is 0. The number of pyridine rings is 1. The predicted molar refractivity (Wildman–Crippen MR) is 61.0 cm³/mol. The molecule has 1 atom stereocenters. The quantitative estimate of drug-likeness (QED) is 0.760. The van der Waals surface area contributed by atoms with Crippen molar-refractivity contribution in [3.05, 3.63) is 29.6 Å². The molecule has 0 aromatic carbocycles. The summed E-state index contributed by atoms with van der Waals surface area (Å²) >= 11 is 0. The van der Waals surface area contributed by atoms with Crippen LogP contribution in [0.25, 0.3) is 0 Å². The lowest BCUT2D eigenvalue weighted by Crippen LogP contribution is -2.21. The van der Waals surface area contributed by atoms with Crippen LogP contribution in [0, 0.1) is 0 Å². The van der Waals surface area contributed by atoms with Gasteiger partial charge in [0.25, 0.3) is 5.91 Å². The van der Waals surface area contributed by atoms with E-state index in [2.05, 4.69) is 18.8 Å². The monoisotopic (exact) mass is 206 g/mol. The maximum Gasteiger partial charge on any atom is 0.254 e. The summed E-state index contributed by atoms with van der Waals surface area (Å²) in [6.07, 6.45) is 2.72. The van der Waals surface area contributed by atoms with Crippen LogP contribution >= 0.6 is 0 Å². The standard InChI is InChI=1S/C12H18N2O/c1-5-9(2)11-7-6-10(8-13-11)12(15)14(3)4/h6-9H,5H2,1-4H3. The van der Waals surface area contributed by atoms with Gasteiger partial charge in [-0.2, -0.15) is 0 Å². The van der Waals surface area contributed by atoms with Crippen molar-refractivity contribution in [2.75, 3.05) is 14.1 Å². The Morgan fingerprint density at radius 3 is 2.53 bits per heavy atom. The Hall–Kier alpha value is -1.38. The molecule has 0 radical (unpaired) electrons. The average molecular weight is 206 g/mol. The van der Waals surface area contributed by atoms with Crippen molar-refractivity contribution in [3.63, 3.8) is 0 Å². The molecule has 82 valence electrons. The van der Waals surface area contributed by atoms with Crippen molar-refractivity contribution in [3.8, 4) is 0 Å². The van der Waals surface area contributed by atoms with Gasteiger partial charge >= 0.3 is 0 Å². The molecule has 0 aliphatic rings. The van der Waals surface area contributed by atoms with Crippen LogP contribution in [-0.2, 0) is 0 Å². The Kier molecular flexibility index (Phi) is 3.83. The van der Waals surface area contributed by atoms with Crippen molar-refractivity contribution in [1.82, 2.24) is 9.88 Å². The lowest BCUT2D eigenvalue weighted by Gasteiger charge is -2.11. The first-order valence-corrected chi connectivity index (χ1v) is 5.23. The Bertz CT molecular complexity index is 330. The van der Waals surface area contributed by atoms with Gasteiger partial charge in [0.15, 0.2) is 0 Å². The Morgan fingerprint density at radius 2 is 2.13 bits per heavy atom. The van der Waals surface area contributed by atoms with Gasteiger partial charge in [0.1, 0.15) is 0 Å². The van der Waals surface area contributed by atoms with E-state index in [4.69, 9.17) is 0 Å². The zero-order valence-electron chi connectivity index (χ0n) is 9.82. The van der Waals surface area contributed by atoms with Crippen molar-refractivity contribution in [1.29, 1.82) is 0 Å². The highest BCUT2D eigenvalue weighted by molar-refractivity contribution is 5.93. The minimum absolute atomic E-state index is 0.00167. The van der Waals surface area contributed by atoms with Gasteiger partial charge in [0.05, 0.1) is 5.56 Å². The molecule has 0 spiro atoms. The summed E-state index contributed by atoms with van der Waals surface area (Å²) in [5, 5.41) is 0. The summed E-state index contributed by atoms with van der Waals surface area (Å²) in [6, 6.07) is 3.78. The van der Waals surface area contributed by atoms with E-state index in [0.717, 1.165) is 12.1 Å². The van der Waals surface area contributed by atoms with E-state index in [1.165, 1.54) is 0 Å². The molecule has 0 saturated carbocycles. The molecular weight excluding hydrogens is 188 g/mol. The molecule has 1 rings (SSSR count). The molecule has 15 heavy (non-hydrogen) atoms. The third-order valence-electron chi connectivity index (χ3n) is 2.56. The van der Waals surface area contributed by atoms with Crippen molar-refractivity contribution < 1.29 is 4.79 Å². The van der Waals surface area contributed by atoms with Gasteiger partial charge in [-0.15, -0.1) is 0 Å². The summed E-state index contributed by atoms with van der Waals surface area (Å²) in [5.41, 5.74) is 1.69. The Labute approximate surface area is 91.1 Å². The first-order chi connectivity index (χ1) is 7.06. The second kappa shape index (κ2) is 4.91. The number of carbonyl (C=O) groups is 1. The second-order valence-corrected chi connectivity index (χ2v) is 3.98. The second-order valence-electron chi connectivity index (χ2n) is 3.98. The molecule has 0 N–H and O–H groups in total. The van der Waals surface area contributed by atoms with Crippen molar-refractivity contribution >= 4 is 5.91 Å². The number of rotatable bonds is 3. The summed E-state index contributed by atoms with van der Waals surface area (Å²) in [6.45, 7) is 4.26. The fraction of sp³-hybridized carbons (Fsp3) is 0.500. The SMILES string of the molecule is CCC(C)c1ccc(C(=O)N(C)C)cn1. The molecule has 1 aromatic heterocycles. The molecule has 1 unspecified atom stereocenters. The van der Waals surface area contributed by atoms with Gasteiger partial charge in [-0.3, -0.25) is 9.78 Å². The lowest BCUT2D eigenvalue weighted by atomic mass is 10.0. The summed E-state index contributed by atoms with van der Waals surface area (Å²) in [7, 11) is 3.48. The number of hydrogen-bond donors (Lipinski definition) is 0. The highest BCUT2D eigenvalue weighted by atomic mass is 16.2. The van der Waals surface area contributed by atoms with E-state index in [9.17, 15) is 4.79 Å². The van der Waals surface area contributed by atoms with Crippen LogP contribution in [0.3, 0.4) is 0 Å². The maximum atomic E-state index is 11.6. The zero-order chi connectivity index (χ0) is 11.4. The van der Waals surface area contributed by atoms with E-state index in [1.54, 1.807) is 25.2 Å². The molecule has 3 heteroatoms. The molecule has 0 saturated heterocycles. The fourth-order valence-electron chi connectivity index (χ4n) is 1.29. The molecule has 1 amide bonds. The van der Waals surface area contributed by atoms with Crippen LogP contribution in [0.15, 0.2) is 18.3 Å². The molecule has 0 aliphatic carbocycles. The average Bonchev–Trinajstić information content (AvgIpc) is 2.27. The molecule has 1 aromatic rings. The van der Waals surface area contributed by atoms with Crippen molar-refractivity contribution in [2.24, 2.45) is 0 Å². The van der Waals surface area contributed by atoms with Crippen molar-refractivity contribution in [2.45, 2.75) is 26.2 Å². The molecule has 0 bridgehead atoms. The third-order valence-corrected chi connectivity index (χ3v) is 2.56. The molecule has 0 fully saturated rings. The predicted octanol–water partition coefficient (Wildman–Crippen LogP) is 2.30. The number of amides is 1. The maximum absolute atomic E-state index is 11.6. The van der Waals surface area contributed by atoms with Crippen LogP contribution in [0.5, 0.6) is 0 Å². The molecule has 1 heterocycles. The van der Waals surface area contributed by atoms with Crippen LogP contribution in [0.1, 0.15) is 42.2 Å². The Morgan fingerprint density at radius 1 is 1.47 bits per heavy atom. The van der Waals surface area contributed by atoms with E-state index < -0.39 is 0 Å². The van der Waals surface area contributed by atoms with Crippen LogP contribution < -0.4 is 0 Å². The summed E-state index contributed by atoms with van der Waals surface area (Å²) in [4.78, 5) is 17.4. The smallest absolute Gasteiger partial charge is 0.254 e. The highest BCUT2D eigenvalue weighted by Gasteiger charge is 2.09. The van der Waals surface area contributed by atoms with Gasteiger partial charge in [-0.1, -0.05) is 13.8 Å². The number of aromatic nitrogens is 1. The topological polar surface area (TPSA) is 33.2 Å².